The van der Waals surface area contributed by atoms with E-state index in [-0.39, 0.29) is 11.9 Å². The third-order valence-corrected chi connectivity index (χ3v) is 5.65. The summed E-state index contributed by atoms with van der Waals surface area (Å²) in [5.41, 5.74) is 10.0. The number of benzene rings is 2. The summed E-state index contributed by atoms with van der Waals surface area (Å²) in [5.74, 6) is 0.0941. The van der Waals surface area contributed by atoms with Gasteiger partial charge in [-0.2, -0.15) is 0 Å². The van der Waals surface area contributed by atoms with Crippen molar-refractivity contribution in [2.45, 2.75) is 19.9 Å². The molecule has 5 heteroatoms. The van der Waals surface area contributed by atoms with Crippen molar-refractivity contribution in [2.24, 2.45) is 0 Å². The Morgan fingerprint density at radius 1 is 1.00 bits per heavy atom. The van der Waals surface area contributed by atoms with Crippen LogP contribution in [0.5, 0.6) is 0 Å². The molecule has 1 fully saturated rings. The summed E-state index contributed by atoms with van der Waals surface area (Å²) >= 11 is 0. The molecule has 0 radical (unpaired) electrons. The van der Waals surface area contributed by atoms with Gasteiger partial charge in [0.25, 0.3) is 5.91 Å². The SMILES string of the molecule is CCN(CC)C(=O)c1ccc([C@H](c2cccc(N)c2)N2CCN(C)CC2)cc1. The van der Waals surface area contributed by atoms with E-state index in [1.165, 1.54) is 11.1 Å². The maximum Gasteiger partial charge on any atom is 0.253 e. The Balaban J connectivity index is 1.91. The number of likely N-dealkylation sites (N-methyl/N-ethyl adjacent to an activating group) is 1. The van der Waals surface area contributed by atoms with Gasteiger partial charge in [0, 0.05) is 50.5 Å². The summed E-state index contributed by atoms with van der Waals surface area (Å²) < 4.78 is 0. The van der Waals surface area contributed by atoms with Crippen LogP contribution < -0.4 is 5.73 Å². The highest BCUT2D eigenvalue weighted by atomic mass is 16.2. The van der Waals surface area contributed by atoms with Crippen LogP contribution in [0, 0.1) is 0 Å². The molecule has 0 bridgehead atoms. The number of amides is 1. The average Bonchev–Trinajstić information content (AvgIpc) is 2.71. The molecule has 150 valence electrons. The molecule has 0 aromatic heterocycles. The average molecular weight is 381 g/mol. The first-order valence-electron chi connectivity index (χ1n) is 10.2. The van der Waals surface area contributed by atoms with Crippen molar-refractivity contribution in [3.63, 3.8) is 0 Å². The summed E-state index contributed by atoms with van der Waals surface area (Å²) in [5, 5.41) is 0. The minimum Gasteiger partial charge on any atom is -0.399 e. The van der Waals surface area contributed by atoms with E-state index in [1.807, 2.05) is 43.0 Å². The number of anilines is 1. The summed E-state index contributed by atoms with van der Waals surface area (Å²) in [4.78, 5) is 19.4. The second-order valence-electron chi connectivity index (χ2n) is 7.51. The Kier molecular flexibility index (Phi) is 6.70. The molecule has 1 saturated heterocycles. The molecule has 1 aliphatic heterocycles. The second kappa shape index (κ2) is 9.22. The fourth-order valence-electron chi connectivity index (χ4n) is 3.92. The summed E-state index contributed by atoms with van der Waals surface area (Å²) in [6.45, 7) is 9.60. The lowest BCUT2D eigenvalue weighted by molar-refractivity contribution is 0.0773. The molecule has 2 N–H and O–H groups in total. The number of carbonyl (C=O) groups excluding carboxylic acids is 1. The lowest BCUT2D eigenvalue weighted by Gasteiger charge is -2.38. The minimum absolute atomic E-state index is 0.0941. The highest BCUT2D eigenvalue weighted by Crippen LogP contribution is 2.31. The van der Waals surface area contributed by atoms with Gasteiger partial charge in [0.1, 0.15) is 0 Å². The zero-order chi connectivity index (χ0) is 20.1. The zero-order valence-corrected chi connectivity index (χ0v) is 17.3. The number of nitrogens with two attached hydrogens (primary N) is 1. The minimum atomic E-state index is 0.0941. The number of hydrogen-bond donors (Lipinski definition) is 1. The molecule has 28 heavy (non-hydrogen) atoms. The molecule has 5 nitrogen and oxygen atoms in total. The molecule has 0 unspecified atom stereocenters. The van der Waals surface area contributed by atoms with E-state index in [0.717, 1.165) is 50.5 Å². The number of carbonyl (C=O) groups is 1. The molecule has 2 aromatic carbocycles. The van der Waals surface area contributed by atoms with E-state index >= 15 is 0 Å². The number of nitrogen functional groups attached to an aromatic ring is 1. The van der Waals surface area contributed by atoms with E-state index in [1.54, 1.807) is 0 Å². The molecule has 2 aromatic rings. The van der Waals surface area contributed by atoms with E-state index in [4.69, 9.17) is 5.73 Å². The van der Waals surface area contributed by atoms with Crippen molar-refractivity contribution >= 4 is 11.6 Å². The van der Waals surface area contributed by atoms with Crippen LogP contribution in [-0.2, 0) is 0 Å². The van der Waals surface area contributed by atoms with E-state index in [9.17, 15) is 4.79 Å². The van der Waals surface area contributed by atoms with Gasteiger partial charge in [-0.25, -0.2) is 0 Å². The number of rotatable bonds is 6. The molecule has 0 saturated carbocycles. The van der Waals surface area contributed by atoms with E-state index in [2.05, 4.69) is 41.1 Å². The summed E-state index contributed by atoms with van der Waals surface area (Å²) in [6, 6.07) is 16.4. The Morgan fingerprint density at radius 2 is 1.64 bits per heavy atom. The largest absolute Gasteiger partial charge is 0.399 e. The fourth-order valence-corrected chi connectivity index (χ4v) is 3.92. The fraction of sp³-hybridized carbons (Fsp3) is 0.435. The predicted octanol–water partition coefficient (Wildman–Crippen LogP) is 3.09. The van der Waals surface area contributed by atoms with Crippen molar-refractivity contribution in [3.05, 3.63) is 65.2 Å². The van der Waals surface area contributed by atoms with Gasteiger partial charge in [0.15, 0.2) is 0 Å². The predicted molar refractivity (Wildman–Crippen MR) is 115 cm³/mol. The van der Waals surface area contributed by atoms with Crippen LogP contribution >= 0.6 is 0 Å². The van der Waals surface area contributed by atoms with Gasteiger partial charge in [-0.1, -0.05) is 24.3 Å². The Hall–Kier alpha value is -2.37. The molecule has 3 rings (SSSR count). The van der Waals surface area contributed by atoms with Crippen molar-refractivity contribution in [2.75, 3.05) is 52.0 Å². The lowest BCUT2D eigenvalue weighted by atomic mass is 9.95. The van der Waals surface area contributed by atoms with Crippen molar-refractivity contribution in [1.29, 1.82) is 0 Å². The number of hydrogen-bond acceptors (Lipinski definition) is 4. The molecule has 1 atom stereocenters. The van der Waals surface area contributed by atoms with Crippen LogP contribution in [0.25, 0.3) is 0 Å². The number of piperazine rings is 1. The van der Waals surface area contributed by atoms with Crippen LogP contribution in [0.4, 0.5) is 5.69 Å². The standard InChI is InChI=1S/C23H32N4O/c1-4-26(5-2)23(28)19-11-9-18(10-12-19)22(20-7-6-8-21(24)17-20)27-15-13-25(3)14-16-27/h6-12,17,22H,4-5,13-16,24H2,1-3H3/t22-/m1/s1. The number of nitrogens with zero attached hydrogens (tertiary/aromatic N) is 3. The van der Waals surface area contributed by atoms with Crippen molar-refractivity contribution in [1.82, 2.24) is 14.7 Å². The van der Waals surface area contributed by atoms with Crippen LogP contribution in [0.3, 0.4) is 0 Å². The molecule has 0 aliphatic carbocycles. The first-order valence-corrected chi connectivity index (χ1v) is 10.2. The van der Waals surface area contributed by atoms with Crippen LogP contribution in [0.2, 0.25) is 0 Å². The van der Waals surface area contributed by atoms with Gasteiger partial charge in [-0.3, -0.25) is 9.69 Å². The van der Waals surface area contributed by atoms with Gasteiger partial charge in [-0.05, 0) is 56.3 Å². The molecular formula is C23H32N4O. The third kappa shape index (κ3) is 4.54. The van der Waals surface area contributed by atoms with Crippen LogP contribution in [0.1, 0.15) is 41.4 Å². The van der Waals surface area contributed by atoms with Gasteiger partial charge in [-0.15, -0.1) is 0 Å². The maximum absolute atomic E-state index is 12.6. The summed E-state index contributed by atoms with van der Waals surface area (Å²) in [6.07, 6.45) is 0. The van der Waals surface area contributed by atoms with Gasteiger partial charge in [0.2, 0.25) is 0 Å². The lowest BCUT2D eigenvalue weighted by Crippen LogP contribution is -2.46. The molecule has 1 heterocycles. The maximum atomic E-state index is 12.6. The summed E-state index contributed by atoms with van der Waals surface area (Å²) in [7, 11) is 2.17. The van der Waals surface area contributed by atoms with Gasteiger partial charge >= 0.3 is 0 Å². The van der Waals surface area contributed by atoms with Gasteiger partial charge < -0.3 is 15.5 Å². The molecular weight excluding hydrogens is 348 g/mol. The topological polar surface area (TPSA) is 52.8 Å². The van der Waals surface area contributed by atoms with Crippen molar-refractivity contribution in [3.8, 4) is 0 Å². The quantitative estimate of drug-likeness (QED) is 0.783. The second-order valence-corrected chi connectivity index (χ2v) is 7.51. The molecule has 0 spiro atoms. The third-order valence-electron chi connectivity index (χ3n) is 5.65. The van der Waals surface area contributed by atoms with E-state index in [0.29, 0.717) is 0 Å². The smallest absolute Gasteiger partial charge is 0.253 e. The zero-order valence-electron chi connectivity index (χ0n) is 17.3. The molecule has 1 aliphatic rings. The first-order chi connectivity index (χ1) is 13.5. The monoisotopic (exact) mass is 380 g/mol. The normalized spacial score (nSPS) is 16.7. The van der Waals surface area contributed by atoms with Crippen LogP contribution in [-0.4, -0.2) is 66.9 Å². The Morgan fingerprint density at radius 3 is 2.21 bits per heavy atom. The molecule has 1 amide bonds. The Bertz CT molecular complexity index is 777. The van der Waals surface area contributed by atoms with Crippen molar-refractivity contribution < 1.29 is 4.79 Å². The first kappa shape index (κ1) is 20.4. The van der Waals surface area contributed by atoms with E-state index < -0.39 is 0 Å². The highest BCUT2D eigenvalue weighted by molar-refractivity contribution is 5.94. The highest BCUT2D eigenvalue weighted by Gasteiger charge is 2.26. The van der Waals surface area contributed by atoms with Crippen LogP contribution in [0.15, 0.2) is 48.5 Å². The Labute approximate surface area is 168 Å². The van der Waals surface area contributed by atoms with Gasteiger partial charge in [0.05, 0.1) is 6.04 Å².